The molecule has 1 unspecified atom stereocenters. The molecule has 7 nitrogen and oxygen atoms in total. The maximum absolute atomic E-state index is 11.5. The van der Waals surface area contributed by atoms with E-state index >= 15 is 0 Å². The molecule has 0 spiro atoms. The van der Waals surface area contributed by atoms with Gasteiger partial charge in [-0.2, -0.15) is 5.10 Å². The number of hydrogen-bond acceptors (Lipinski definition) is 6. The minimum absolute atomic E-state index is 0.0250. The maximum atomic E-state index is 11.5. The highest BCUT2D eigenvalue weighted by atomic mass is 32.2. The Morgan fingerprint density at radius 2 is 2.28 bits per heavy atom. The summed E-state index contributed by atoms with van der Waals surface area (Å²) in [4.78, 5) is 10.2. The lowest BCUT2D eigenvalue weighted by Crippen LogP contribution is -2.33. The van der Waals surface area contributed by atoms with E-state index in [4.69, 9.17) is 0 Å². The number of rotatable bonds is 2. The molecule has 0 bridgehead atoms. The van der Waals surface area contributed by atoms with Gasteiger partial charge in [0.05, 0.1) is 23.1 Å². The number of nitrogens with zero attached hydrogens (tertiary/aromatic N) is 4. The lowest BCUT2D eigenvalue weighted by atomic mass is 10.2. The van der Waals surface area contributed by atoms with Gasteiger partial charge in [-0.3, -0.25) is 5.10 Å². The van der Waals surface area contributed by atoms with Crippen molar-refractivity contribution in [3.8, 4) is 0 Å². The van der Waals surface area contributed by atoms with E-state index in [0.717, 1.165) is 11.2 Å². The van der Waals surface area contributed by atoms with Crippen molar-refractivity contribution in [2.45, 2.75) is 12.5 Å². The zero-order chi connectivity index (χ0) is 12.8. The Bertz CT molecular complexity index is 680. The van der Waals surface area contributed by atoms with Gasteiger partial charge in [0.1, 0.15) is 12.1 Å². The van der Waals surface area contributed by atoms with Gasteiger partial charge >= 0.3 is 0 Å². The minimum atomic E-state index is -2.90. The summed E-state index contributed by atoms with van der Waals surface area (Å²) < 4.78 is 23.0. The van der Waals surface area contributed by atoms with E-state index in [9.17, 15) is 8.42 Å². The highest BCUT2D eigenvalue weighted by Crippen LogP contribution is 2.25. The highest BCUT2D eigenvalue weighted by Gasteiger charge is 2.31. The van der Waals surface area contributed by atoms with Crippen LogP contribution >= 0.6 is 0 Å². The van der Waals surface area contributed by atoms with Crippen molar-refractivity contribution in [3.05, 3.63) is 12.5 Å². The molecule has 0 amide bonds. The molecule has 1 fully saturated rings. The van der Waals surface area contributed by atoms with Crippen molar-refractivity contribution >= 4 is 26.7 Å². The quantitative estimate of drug-likeness (QED) is 0.822. The number of aromatic amines is 1. The van der Waals surface area contributed by atoms with Crippen molar-refractivity contribution < 1.29 is 8.42 Å². The summed E-state index contributed by atoms with van der Waals surface area (Å²) in [6.07, 6.45) is 3.75. The molecule has 1 N–H and O–H groups in total. The predicted molar refractivity (Wildman–Crippen MR) is 67.1 cm³/mol. The van der Waals surface area contributed by atoms with Crippen molar-refractivity contribution in [1.29, 1.82) is 0 Å². The molecule has 8 heteroatoms. The van der Waals surface area contributed by atoms with Crippen LogP contribution in [0.4, 0.5) is 5.82 Å². The third-order valence-electron chi connectivity index (χ3n) is 3.32. The van der Waals surface area contributed by atoms with E-state index < -0.39 is 9.84 Å². The molecule has 1 aliphatic rings. The molecule has 96 valence electrons. The second-order valence-corrected chi connectivity index (χ2v) is 6.73. The fourth-order valence-corrected chi connectivity index (χ4v) is 4.06. The smallest absolute Gasteiger partial charge is 0.160 e. The van der Waals surface area contributed by atoms with E-state index in [0.29, 0.717) is 12.1 Å². The van der Waals surface area contributed by atoms with E-state index in [2.05, 4.69) is 20.2 Å². The molecule has 1 aliphatic heterocycles. The van der Waals surface area contributed by atoms with Crippen LogP contribution in [0.15, 0.2) is 12.5 Å². The molecule has 0 saturated carbocycles. The second kappa shape index (κ2) is 3.91. The number of hydrogen-bond donors (Lipinski definition) is 1. The molecular weight excluding hydrogens is 254 g/mol. The first kappa shape index (κ1) is 11.4. The monoisotopic (exact) mass is 267 g/mol. The summed E-state index contributed by atoms with van der Waals surface area (Å²) in [5, 5.41) is 7.51. The number of nitrogens with one attached hydrogen (secondary N) is 1. The predicted octanol–water partition coefficient (Wildman–Crippen LogP) is -0.0238. The lowest BCUT2D eigenvalue weighted by Gasteiger charge is -2.24. The molecule has 18 heavy (non-hydrogen) atoms. The number of H-pyrrole nitrogens is 1. The highest BCUT2D eigenvalue weighted by molar-refractivity contribution is 7.91. The molecule has 0 aliphatic carbocycles. The van der Waals surface area contributed by atoms with Crippen LogP contribution in [0.25, 0.3) is 11.0 Å². The molecule has 1 saturated heterocycles. The van der Waals surface area contributed by atoms with Crippen LogP contribution in [0.5, 0.6) is 0 Å². The summed E-state index contributed by atoms with van der Waals surface area (Å²) in [5.41, 5.74) is 0.660. The van der Waals surface area contributed by atoms with Crippen molar-refractivity contribution in [2.24, 2.45) is 0 Å². The van der Waals surface area contributed by atoms with Crippen LogP contribution in [0.2, 0.25) is 0 Å². The Hall–Kier alpha value is -1.70. The fraction of sp³-hybridized carbons (Fsp3) is 0.500. The van der Waals surface area contributed by atoms with Gasteiger partial charge in [-0.05, 0) is 6.42 Å². The molecule has 2 aromatic rings. The number of aromatic nitrogens is 4. The molecule has 0 aromatic carbocycles. The fourth-order valence-electron chi connectivity index (χ4n) is 2.29. The van der Waals surface area contributed by atoms with Gasteiger partial charge in [0.25, 0.3) is 0 Å². The SMILES string of the molecule is CN(c1ncnc2[nH]ncc12)C1CCS(=O)(=O)C1. The third-order valence-corrected chi connectivity index (χ3v) is 5.07. The van der Waals surface area contributed by atoms with Gasteiger partial charge in [-0.25, -0.2) is 18.4 Å². The largest absolute Gasteiger partial charge is 0.355 e. The van der Waals surface area contributed by atoms with E-state index in [1.54, 1.807) is 6.20 Å². The normalized spacial score (nSPS) is 22.4. The van der Waals surface area contributed by atoms with E-state index in [-0.39, 0.29) is 17.5 Å². The molecule has 1 atom stereocenters. The average Bonchev–Trinajstić information content (AvgIpc) is 2.93. The number of anilines is 1. The average molecular weight is 267 g/mol. The minimum Gasteiger partial charge on any atom is -0.355 e. The molecular formula is C10H13N5O2S. The Morgan fingerprint density at radius 1 is 1.44 bits per heavy atom. The van der Waals surface area contributed by atoms with Gasteiger partial charge in [0.15, 0.2) is 15.5 Å². The van der Waals surface area contributed by atoms with E-state index in [1.807, 2.05) is 11.9 Å². The van der Waals surface area contributed by atoms with Crippen molar-refractivity contribution in [3.63, 3.8) is 0 Å². The number of fused-ring (bicyclic) bond motifs is 1. The molecule has 3 rings (SSSR count). The van der Waals surface area contributed by atoms with Gasteiger partial charge in [0, 0.05) is 13.1 Å². The Morgan fingerprint density at radius 3 is 3.00 bits per heavy atom. The Balaban J connectivity index is 1.97. The second-order valence-electron chi connectivity index (χ2n) is 4.50. The Labute approximate surface area is 104 Å². The first-order valence-corrected chi connectivity index (χ1v) is 7.46. The summed E-state index contributed by atoms with van der Waals surface area (Å²) in [6.45, 7) is 0. The standard InChI is InChI=1S/C10H13N5O2S/c1-15(7-2-3-18(16,17)5-7)10-8-4-13-14-9(8)11-6-12-10/h4,6-7H,2-3,5H2,1H3,(H,11,12,13,14). The summed E-state index contributed by atoms with van der Waals surface area (Å²) in [7, 11) is -1.04. The first-order valence-electron chi connectivity index (χ1n) is 5.64. The molecule has 0 radical (unpaired) electrons. The van der Waals surface area contributed by atoms with E-state index in [1.165, 1.54) is 6.33 Å². The maximum Gasteiger partial charge on any atom is 0.160 e. The molecule has 3 heterocycles. The van der Waals surface area contributed by atoms with Crippen molar-refractivity contribution in [2.75, 3.05) is 23.5 Å². The van der Waals surface area contributed by atoms with Crippen LogP contribution in [-0.2, 0) is 9.84 Å². The summed E-state index contributed by atoms with van der Waals surface area (Å²) in [5.74, 6) is 1.16. The van der Waals surface area contributed by atoms with Crippen LogP contribution < -0.4 is 4.90 Å². The molecule has 2 aromatic heterocycles. The summed E-state index contributed by atoms with van der Waals surface area (Å²) >= 11 is 0. The van der Waals surface area contributed by atoms with Crippen molar-refractivity contribution in [1.82, 2.24) is 20.2 Å². The third kappa shape index (κ3) is 1.82. The van der Waals surface area contributed by atoms with Crippen LogP contribution in [0.1, 0.15) is 6.42 Å². The van der Waals surface area contributed by atoms with Crippen LogP contribution in [0.3, 0.4) is 0 Å². The van der Waals surface area contributed by atoms with Gasteiger partial charge in [-0.15, -0.1) is 0 Å². The van der Waals surface area contributed by atoms with Crippen LogP contribution in [0, 0.1) is 0 Å². The van der Waals surface area contributed by atoms with Gasteiger partial charge < -0.3 is 4.90 Å². The first-order chi connectivity index (χ1) is 8.57. The van der Waals surface area contributed by atoms with Gasteiger partial charge in [0.2, 0.25) is 0 Å². The van der Waals surface area contributed by atoms with Gasteiger partial charge in [-0.1, -0.05) is 0 Å². The van der Waals surface area contributed by atoms with Crippen LogP contribution in [-0.4, -0.2) is 53.2 Å². The summed E-state index contributed by atoms with van der Waals surface area (Å²) in [6, 6.07) is -0.0250. The lowest BCUT2D eigenvalue weighted by molar-refractivity contribution is 0.600. The zero-order valence-corrected chi connectivity index (χ0v) is 10.7. The topological polar surface area (TPSA) is 91.8 Å². The number of sulfone groups is 1. The Kier molecular flexibility index (Phi) is 2.47. The zero-order valence-electron chi connectivity index (χ0n) is 9.87.